The Morgan fingerprint density at radius 3 is 2.71 bits per heavy atom. The number of ether oxygens (including phenoxy) is 1. The van der Waals surface area contributed by atoms with E-state index >= 15 is 0 Å². The maximum absolute atomic E-state index is 13.7. The molecule has 0 atom stereocenters. The summed E-state index contributed by atoms with van der Waals surface area (Å²) in [4.78, 5) is 11.9. The standard InChI is InChI=1S/C19H21ClFNO2/c1-13(2)16-5-3-4-6-18(16)24-10-9-22-19(23)11-14-7-8-15(20)12-17(14)21/h3-8,12-13H,9-11H2,1-2H3,(H,22,23). The van der Waals surface area contributed by atoms with Crippen LogP contribution in [-0.4, -0.2) is 19.1 Å². The number of hydrogen-bond donors (Lipinski definition) is 1. The van der Waals surface area contributed by atoms with E-state index < -0.39 is 5.82 Å². The van der Waals surface area contributed by atoms with Crippen LogP contribution in [0.3, 0.4) is 0 Å². The number of carbonyl (C=O) groups is 1. The van der Waals surface area contributed by atoms with Gasteiger partial charge in [-0.05, 0) is 35.2 Å². The molecule has 0 heterocycles. The minimum atomic E-state index is -0.472. The lowest BCUT2D eigenvalue weighted by Gasteiger charge is -2.14. The molecule has 0 saturated heterocycles. The van der Waals surface area contributed by atoms with E-state index in [1.807, 2.05) is 24.3 Å². The van der Waals surface area contributed by atoms with Crippen LogP contribution in [0.2, 0.25) is 5.02 Å². The topological polar surface area (TPSA) is 38.3 Å². The third-order valence-electron chi connectivity index (χ3n) is 3.59. The van der Waals surface area contributed by atoms with Crippen molar-refractivity contribution < 1.29 is 13.9 Å². The summed E-state index contributed by atoms with van der Waals surface area (Å²) in [5.74, 6) is 0.464. The maximum Gasteiger partial charge on any atom is 0.224 e. The van der Waals surface area contributed by atoms with Crippen LogP contribution in [0, 0.1) is 5.82 Å². The second kappa shape index (κ2) is 8.69. The molecule has 2 aromatic rings. The Hall–Kier alpha value is -2.07. The van der Waals surface area contributed by atoms with Crippen molar-refractivity contribution in [2.75, 3.05) is 13.2 Å². The van der Waals surface area contributed by atoms with Crippen LogP contribution in [0.5, 0.6) is 5.75 Å². The fourth-order valence-corrected chi connectivity index (χ4v) is 2.50. The van der Waals surface area contributed by atoms with Crippen molar-refractivity contribution in [3.05, 3.63) is 64.4 Å². The van der Waals surface area contributed by atoms with E-state index in [0.717, 1.165) is 11.3 Å². The average molecular weight is 350 g/mol. The summed E-state index contributed by atoms with van der Waals surface area (Å²) in [7, 11) is 0. The van der Waals surface area contributed by atoms with Crippen molar-refractivity contribution in [1.82, 2.24) is 5.32 Å². The zero-order valence-electron chi connectivity index (χ0n) is 13.8. The van der Waals surface area contributed by atoms with Crippen molar-refractivity contribution >= 4 is 17.5 Å². The molecule has 0 radical (unpaired) electrons. The van der Waals surface area contributed by atoms with Crippen LogP contribution in [0.4, 0.5) is 4.39 Å². The Morgan fingerprint density at radius 1 is 1.25 bits per heavy atom. The summed E-state index contributed by atoms with van der Waals surface area (Å²) in [6.07, 6.45) is -0.0222. The van der Waals surface area contributed by atoms with Crippen LogP contribution in [0.1, 0.15) is 30.9 Å². The number of para-hydroxylation sites is 1. The first kappa shape index (κ1) is 18.3. The van der Waals surface area contributed by atoms with Crippen molar-refractivity contribution in [3.8, 4) is 5.75 Å². The fraction of sp³-hybridized carbons (Fsp3) is 0.316. The Balaban J connectivity index is 1.79. The van der Waals surface area contributed by atoms with E-state index in [1.165, 1.54) is 12.1 Å². The van der Waals surface area contributed by atoms with Crippen molar-refractivity contribution in [3.63, 3.8) is 0 Å². The van der Waals surface area contributed by atoms with Crippen molar-refractivity contribution in [2.45, 2.75) is 26.2 Å². The third kappa shape index (κ3) is 5.24. The minimum Gasteiger partial charge on any atom is -0.491 e. The van der Waals surface area contributed by atoms with Gasteiger partial charge in [0.05, 0.1) is 13.0 Å². The molecule has 128 valence electrons. The van der Waals surface area contributed by atoms with E-state index in [2.05, 4.69) is 19.2 Å². The molecule has 0 unspecified atom stereocenters. The van der Waals surface area contributed by atoms with Gasteiger partial charge in [-0.1, -0.05) is 49.7 Å². The lowest BCUT2D eigenvalue weighted by atomic mass is 10.0. The van der Waals surface area contributed by atoms with Crippen LogP contribution < -0.4 is 10.1 Å². The highest BCUT2D eigenvalue weighted by atomic mass is 35.5. The monoisotopic (exact) mass is 349 g/mol. The summed E-state index contributed by atoms with van der Waals surface area (Å²) < 4.78 is 19.4. The first-order chi connectivity index (χ1) is 11.5. The highest BCUT2D eigenvalue weighted by Gasteiger charge is 2.09. The van der Waals surface area contributed by atoms with Gasteiger partial charge in [0.1, 0.15) is 18.2 Å². The van der Waals surface area contributed by atoms with Gasteiger partial charge in [-0.3, -0.25) is 4.79 Å². The Labute approximate surface area is 146 Å². The molecule has 2 aromatic carbocycles. The molecule has 0 spiro atoms. The van der Waals surface area contributed by atoms with Gasteiger partial charge in [0.2, 0.25) is 5.91 Å². The molecule has 1 amide bonds. The van der Waals surface area contributed by atoms with E-state index in [1.54, 1.807) is 6.07 Å². The van der Waals surface area contributed by atoms with Crippen molar-refractivity contribution in [1.29, 1.82) is 0 Å². The van der Waals surface area contributed by atoms with Gasteiger partial charge in [0, 0.05) is 5.02 Å². The number of amides is 1. The molecular formula is C19H21ClFNO2. The predicted molar refractivity (Wildman–Crippen MR) is 94.1 cm³/mol. The molecule has 0 aromatic heterocycles. The van der Waals surface area contributed by atoms with Gasteiger partial charge >= 0.3 is 0 Å². The molecule has 3 nitrogen and oxygen atoms in total. The molecule has 0 aliphatic rings. The number of nitrogens with one attached hydrogen (secondary N) is 1. The SMILES string of the molecule is CC(C)c1ccccc1OCCNC(=O)Cc1ccc(Cl)cc1F. The first-order valence-electron chi connectivity index (χ1n) is 7.89. The molecule has 1 N–H and O–H groups in total. The lowest BCUT2D eigenvalue weighted by molar-refractivity contribution is -0.120. The van der Waals surface area contributed by atoms with Crippen LogP contribution >= 0.6 is 11.6 Å². The van der Waals surface area contributed by atoms with Gasteiger partial charge in [0.25, 0.3) is 0 Å². The number of hydrogen-bond acceptors (Lipinski definition) is 2. The van der Waals surface area contributed by atoms with E-state index in [4.69, 9.17) is 16.3 Å². The number of benzene rings is 2. The zero-order chi connectivity index (χ0) is 17.5. The smallest absolute Gasteiger partial charge is 0.224 e. The largest absolute Gasteiger partial charge is 0.491 e. The van der Waals surface area contributed by atoms with E-state index in [9.17, 15) is 9.18 Å². The van der Waals surface area contributed by atoms with Gasteiger partial charge in [-0.2, -0.15) is 0 Å². The highest BCUT2D eigenvalue weighted by Crippen LogP contribution is 2.25. The predicted octanol–water partition coefficient (Wildman–Crippen LogP) is 4.34. The Morgan fingerprint density at radius 2 is 2.00 bits per heavy atom. The van der Waals surface area contributed by atoms with Crippen molar-refractivity contribution in [2.24, 2.45) is 0 Å². The lowest BCUT2D eigenvalue weighted by Crippen LogP contribution is -2.29. The summed E-state index contributed by atoms with van der Waals surface area (Å²) in [5.41, 5.74) is 1.45. The summed E-state index contributed by atoms with van der Waals surface area (Å²) in [5, 5.41) is 3.04. The molecule has 0 aliphatic carbocycles. The minimum absolute atomic E-state index is 0.0222. The molecule has 5 heteroatoms. The molecule has 2 rings (SSSR count). The molecular weight excluding hydrogens is 329 g/mol. The summed E-state index contributed by atoms with van der Waals surface area (Å²) >= 11 is 5.69. The molecule has 0 aliphatic heterocycles. The van der Waals surface area contributed by atoms with Gasteiger partial charge < -0.3 is 10.1 Å². The van der Waals surface area contributed by atoms with Crippen LogP contribution in [-0.2, 0) is 11.2 Å². The second-order valence-electron chi connectivity index (χ2n) is 5.80. The van der Waals surface area contributed by atoms with E-state index in [0.29, 0.717) is 29.7 Å². The maximum atomic E-state index is 13.7. The van der Waals surface area contributed by atoms with Crippen LogP contribution in [0.15, 0.2) is 42.5 Å². The van der Waals surface area contributed by atoms with Gasteiger partial charge in [-0.25, -0.2) is 4.39 Å². The Bertz CT molecular complexity index is 704. The summed E-state index contributed by atoms with van der Waals surface area (Å²) in [6.45, 7) is 4.92. The second-order valence-corrected chi connectivity index (χ2v) is 6.24. The quantitative estimate of drug-likeness (QED) is 0.755. The third-order valence-corrected chi connectivity index (χ3v) is 3.82. The molecule has 24 heavy (non-hydrogen) atoms. The van der Waals surface area contributed by atoms with Gasteiger partial charge in [0.15, 0.2) is 0 Å². The zero-order valence-corrected chi connectivity index (χ0v) is 14.6. The highest BCUT2D eigenvalue weighted by molar-refractivity contribution is 6.30. The Kier molecular flexibility index (Phi) is 6.62. The number of rotatable bonds is 7. The number of carbonyl (C=O) groups excluding carboxylic acids is 1. The van der Waals surface area contributed by atoms with Crippen LogP contribution in [0.25, 0.3) is 0 Å². The van der Waals surface area contributed by atoms with E-state index in [-0.39, 0.29) is 12.3 Å². The molecule has 0 bridgehead atoms. The molecule has 0 fully saturated rings. The molecule has 0 saturated carbocycles. The number of halogens is 2. The summed E-state index contributed by atoms with van der Waals surface area (Å²) in [6, 6.07) is 12.1. The first-order valence-corrected chi connectivity index (χ1v) is 8.27. The average Bonchev–Trinajstić information content (AvgIpc) is 2.54. The normalized spacial score (nSPS) is 10.7. The van der Waals surface area contributed by atoms with Gasteiger partial charge in [-0.15, -0.1) is 0 Å². The fourth-order valence-electron chi connectivity index (χ4n) is 2.34.